The highest BCUT2D eigenvalue weighted by atomic mass is 32.2. The van der Waals surface area contributed by atoms with Gasteiger partial charge in [-0.15, -0.1) is 0 Å². The van der Waals surface area contributed by atoms with Crippen molar-refractivity contribution in [3.8, 4) is 0 Å². The van der Waals surface area contributed by atoms with Gasteiger partial charge in [0.2, 0.25) is 5.84 Å². The number of hydrogen-bond acceptors (Lipinski definition) is 5. The summed E-state index contributed by atoms with van der Waals surface area (Å²) in [6, 6.07) is 17.1. The van der Waals surface area contributed by atoms with Gasteiger partial charge in [0.05, 0.1) is 10.7 Å². The molecular weight excluding hydrogens is 334 g/mol. The molecule has 1 saturated heterocycles. The molecule has 0 spiro atoms. The number of benzene rings is 2. The summed E-state index contributed by atoms with van der Waals surface area (Å²) in [5.41, 5.74) is 5.62. The number of thioether (sulfide) groups is 1. The molecule has 0 aliphatic carbocycles. The third-order valence-corrected chi connectivity index (χ3v) is 4.37. The monoisotopic (exact) mass is 351 g/mol. The van der Waals surface area contributed by atoms with Crippen molar-refractivity contribution in [1.29, 1.82) is 0 Å². The average Bonchev–Trinajstić information content (AvgIpc) is 2.89. The Labute approximate surface area is 150 Å². The highest BCUT2D eigenvalue weighted by Crippen LogP contribution is 2.35. The van der Waals surface area contributed by atoms with Gasteiger partial charge < -0.3 is 0 Å². The Balaban J connectivity index is 1.97. The van der Waals surface area contributed by atoms with Gasteiger partial charge in [0.25, 0.3) is 5.12 Å². The van der Waals surface area contributed by atoms with Crippen molar-refractivity contribution in [2.75, 3.05) is 10.3 Å². The van der Waals surface area contributed by atoms with Crippen molar-refractivity contribution in [1.82, 2.24) is 0 Å². The summed E-state index contributed by atoms with van der Waals surface area (Å²) in [5, 5.41) is 4.63. The second kappa shape index (κ2) is 7.36. The number of nitrogens with zero attached hydrogens (tertiary/aromatic N) is 2. The zero-order chi connectivity index (χ0) is 17.8. The van der Waals surface area contributed by atoms with E-state index in [-0.39, 0.29) is 16.7 Å². The first-order chi connectivity index (χ1) is 12.0. The molecule has 1 fully saturated rings. The normalized spacial score (nSPS) is 17.4. The molecule has 2 aromatic carbocycles. The summed E-state index contributed by atoms with van der Waals surface area (Å²) in [5.74, 6) is 0.119. The third-order valence-electron chi connectivity index (χ3n) is 3.50. The maximum absolute atomic E-state index is 12.4. The molecule has 3 rings (SSSR count). The fraction of sp³-hybridized carbons (Fsp3) is 0.105. The van der Waals surface area contributed by atoms with Crippen LogP contribution in [-0.4, -0.2) is 16.7 Å². The van der Waals surface area contributed by atoms with Gasteiger partial charge in [-0.05, 0) is 49.9 Å². The second-order valence-electron chi connectivity index (χ2n) is 5.57. The van der Waals surface area contributed by atoms with Gasteiger partial charge in [0, 0.05) is 11.8 Å². The lowest BCUT2D eigenvalue weighted by Gasteiger charge is -2.18. The van der Waals surface area contributed by atoms with Gasteiger partial charge in [0.1, 0.15) is 0 Å². The molecule has 0 unspecified atom stereocenters. The molecule has 0 radical (unpaired) electrons. The molecule has 1 aliphatic rings. The topological polar surface area (TPSA) is 61.8 Å². The van der Waals surface area contributed by atoms with E-state index >= 15 is 0 Å². The summed E-state index contributed by atoms with van der Waals surface area (Å²) in [6.07, 6.45) is 1.45. The van der Waals surface area contributed by atoms with Crippen molar-refractivity contribution in [2.45, 2.75) is 13.8 Å². The predicted molar refractivity (Wildman–Crippen MR) is 103 cm³/mol. The van der Waals surface area contributed by atoms with Crippen LogP contribution in [0.2, 0.25) is 0 Å². The molecule has 0 atom stereocenters. The van der Waals surface area contributed by atoms with Gasteiger partial charge in [-0.3, -0.25) is 19.9 Å². The molecule has 1 heterocycles. The Bertz CT molecular complexity index is 858. The Hall–Kier alpha value is -2.86. The number of aryl methyl sites for hydroxylation is 1. The largest absolute Gasteiger partial charge is 0.295 e. The lowest BCUT2D eigenvalue weighted by atomic mass is 10.2. The fourth-order valence-electron chi connectivity index (χ4n) is 2.32. The lowest BCUT2D eigenvalue weighted by Crippen LogP contribution is -2.27. The quantitative estimate of drug-likeness (QED) is 0.668. The van der Waals surface area contributed by atoms with Crippen molar-refractivity contribution in [3.63, 3.8) is 0 Å². The number of carbonyl (C=O) groups excluding carboxylic acids is 2. The van der Waals surface area contributed by atoms with Gasteiger partial charge >= 0.3 is 0 Å². The number of hydrogen-bond donors (Lipinski definition) is 1. The zero-order valence-electron chi connectivity index (χ0n) is 13.9. The first-order valence-electron chi connectivity index (χ1n) is 7.74. The lowest BCUT2D eigenvalue weighted by molar-refractivity contribution is -0.112. The van der Waals surface area contributed by atoms with Crippen LogP contribution in [0.15, 0.2) is 70.8 Å². The Morgan fingerprint density at radius 2 is 1.80 bits per heavy atom. The maximum atomic E-state index is 12.4. The van der Waals surface area contributed by atoms with Crippen LogP contribution in [0.5, 0.6) is 0 Å². The fourth-order valence-corrected chi connectivity index (χ4v) is 3.24. The first kappa shape index (κ1) is 17.0. The number of nitrogens with one attached hydrogen (secondary N) is 1. The van der Waals surface area contributed by atoms with E-state index in [1.54, 1.807) is 4.90 Å². The molecule has 0 saturated carbocycles. The van der Waals surface area contributed by atoms with Gasteiger partial charge in [0.15, 0.2) is 5.78 Å². The van der Waals surface area contributed by atoms with E-state index in [1.165, 1.54) is 13.0 Å². The molecule has 2 aromatic rings. The van der Waals surface area contributed by atoms with E-state index < -0.39 is 0 Å². The molecular formula is C19H17N3O2S. The molecule has 1 aliphatic heterocycles. The van der Waals surface area contributed by atoms with Crippen molar-refractivity contribution in [2.24, 2.45) is 5.10 Å². The van der Waals surface area contributed by atoms with E-state index in [1.807, 2.05) is 61.5 Å². The number of carbonyl (C=O) groups is 2. The van der Waals surface area contributed by atoms with Gasteiger partial charge in [-0.1, -0.05) is 35.9 Å². The minimum absolute atomic E-state index is 0.121. The van der Waals surface area contributed by atoms with E-state index in [2.05, 4.69) is 10.5 Å². The number of hydrazone groups is 1. The smallest absolute Gasteiger partial charge is 0.263 e. The van der Waals surface area contributed by atoms with Crippen LogP contribution in [0.3, 0.4) is 0 Å². The number of para-hydroxylation sites is 1. The summed E-state index contributed by atoms with van der Waals surface area (Å²) >= 11 is 0.999. The van der Waals surface area contributed by atoms with Crippen LogP contribution >= 0.6 is 11.8 Å². The Kier molecular flexibility index (Phi) is 5.00. The van der Waals surface area contributed by atoms with Gasteiger partial charge in [-0.25, -0.2) is 0 Å². The number of rotatable bonds is 4. The number of amidine groups is 1. The molecule has 1 N–H and O–H groups in total. The zero-order valence-corrected chi connectivity index (χ0v) is 14.7. The molecule has 6 heteroatoms. The molecule has 0 aromatic heterocycles. The predicted octanol–water partition coefficient (Wildman–Crippen LogP) is 3.93. The number of anilines is 2. The molecule has 5 nitrogen and oxygen atoms in total. The SMILES string of the molecule is CC(=O)/C=C1\SC(=O)/C(=N\Nc2ccc(C)cc2)N1c1ccccc1. The standard InChI is InChI=1S/C19H17N3O2S/c1-13-8-10-15(11-9-13)20-21-18-19(24)25-17(12-14(2)23)22(18)16-6-4-3-5-7-16/h3-12,20H,1-2H3/b17-12-,21-18+. The maximum Gasteiger partial charge on any atom is 0.263 e. The van der Waals surface area contributed by atoms with E-state index in [0.717, 1.165) is 28.7 Å². The van der Waals surface area contributed by atoms with E-state index in [0.29, 0.717) is 5.03 Å². The van der Waals surface area contributed by atoms with Crippen LogP contribution in [0.4, 0.5) is 11.4 Å². The van der Waals surface area contributed by atoms with E-state index in [4.69, 9.17) is 0 Å². The second-order valence-corrected chi connectivity index (χ2v) is 6.56. The van der Waals surface area contributed by atoms with Crippen molar-refractivity contribution < 1.29 is 9.59 Å². The summed E-state index contributed by atoms with van der Waals surface area (Å²) in [6.45, 7) is 3.46. The molecule has 0 amide bonds. The molecule has 126 valence electrons. The minimum Gasteiger partial charge on any atom is -0.295 e. The molecule has 25 heavy (non-hydrogen) atoms. The van der Waals surface area contributed by atoms with Crippen LogP contribution in [-0.2, 0) is 9.59 Å². The minimum atomic E-state index is -0.212. The molecule has 0 bridgehead atoms. The van der Waals surface area contributed by atoms with Crippen LogP contribution < -0.4 is 10.3 Å². The summed E-state index contributed by atoms with van der Waals surface area (Å²) < 4.78 is 0. The number of ketones is 1. The summed E-state index contributed by atoms with van der Waals surface area (Å²) in [7, 11) is 0. The van der Waals surface area contributed by atoms with Gasteiger partial charge in [-0.2, -0.15) is 5.10 Å². The van der Waals surface area contributed by atoms with Crippen molar-refractivity contribution in [3.05, 3.63) is 71.3 Å². The third kappa shape index (κ3) is 3.97. The average molecular weight is 351 g/mol. The van der Waals surface area contributed by atoms with Crippen LogP contribution in [0.1, 0.15) is 12.5 Å². The Morgan fingerprint density at radius 1 is 1.12 bits per heavy atom. The highest BCUT2D eigenvalue weighted by molar-refractivity contribution is 8.19. The van der Waals surface area contributed by atoms with E-state index in [9.17, 15) is 9.59 Å². The summed E-state index contributed by atoms with van der Waals surface area (Å²) in [4.78, 5) is 25.6. The van der Waals surface area contributed by atoms with Crippen LogP contribution in [0.25, 0.3) is 0 Å². The highest BCUT2D eigenvalue weighted by Gasteiger charge is 2.35. The van der Waals surface area contributed by atoms with Crippen molar-refractivity contribution >= 4 is 39.9 Å². The van der Waals surface area contributed by atoms with Crippen LogP contribution in [0, 0.1) is 6.92 Å². The number of allylic oxidation sites excluding steroid dienone is 1. The Morgan fingerprint density at radius 3 is 2.44 bits per heavy atom. The first-order valence-corrected chi connectivity index (χ1v) is 8.56.